The predicted octanol–water partition coefficient (Wildman–Crippen LogP) is 3.21. The maximum Gasteiger partial charge on any atom is 0.214 e. The van der Waals surface area contributed by atoms with E-state index in [1.165, 1.54) is 10.9 Å². The average molecular weight is 376 g/mol. The zero-order valence-corrected chi connectivity index (χ0v) is 16.4. The molecule has 0 spiro atoms. The Balaban J connectivity index is 1.46. The molecule has 2 N–H and O–H groups in total. The van der Waals surface area contributed by atoms with Gasteiger partial charge in [-0.25, -0.2) is 13.1 Å². The molecule has 0 bridgehead atoms. The molecule has 5 nitrogen and oxygen atoms in total. The predicted molar refractivity (Wildman–Crippen MR) is 106 cm³/mol. The highest BCUT2D eigenvalue weighted by atomic mass is 32.2. The van der Waals surface area contributed by atoms with Crippen LogP contribution in [-0.2, 0) is 16.6 Å². The van der Waals surface area contributed by atoms with Gasteiger partial charge in [-0.05, 0) is 69.7 Å². The molecule has 0 aliphatic heterocycles. The summed E-state index contributed by atoms with van der Waals surface area (Å²) in [6.07, 6.45) is 5.85. The molecule has 3 rings (SSSR count). The zero-order valence-electron chi connectivity index (χ0n) is 15.6. The SMILES string of the molecule is CC(C)S(=O)(=O)NC1CCC(CNCc2ccnc3ccccc23)CC1. The van der Waals surface area contributed by atoms with E-state index in [9.17, 15) is 8.42 Å². The highest BCUT2D eigenvalue weighted by Gasteiger charge is 2.26. The summed E-state index contributed by atoms with van der Waals surface area (Å²) in [6.45, 7) is 5.25. The maximum atomic E-state index is 12.0. The maximum absolute atomic E-state index is 12.0. The van der Waals surface area contributed by atoms with Crippen molar-refractivity contribution in [2.75, 3.05) is 6.54 Å². The zero-order chi connectivity index (χ0) is 18.6. The van der Waals surface area contributed by atoms with Gasteiger partial charge in [-0.3, -0.25) is 4.98 Å². The van der Waals surface area contributed by atoms with Crippen LogP contribution in [0, 0.1) is 5.92 Å². The van der Waals surface area contributed by atoms with E-state index in [0.29, 0.717) is 5.92 Å². The number of pyridine rings is 1. The van der Waals surface area contributed by atoms with Crippen molar-refractivity contribution in [3.63, 3.8) is 0 Å². The van der Waals surface area contributed by atoms with Gasteiger partial charge in [-0.2, -0.15) is 0 Å². The van der Waals surface area contributed by atoms with Crippen LogP contribution in [0.1, 0.15) is 45.1 Å². The van der Waals surface area contributed by atoms with Gasteiger partial charge in [-0.15, -0.1) is 0 Å². The number of benzene rings is 1. The van der Waals surface area contributed by atoms with Gasteiger partial charge < -0.3 is 5.32 Å². The molecule has 2 aromatic rings. The fraction of sp³-hybridized carbons (Fsp3) is 0.550. The summed E-state index contributed by atoms with van der Waals surface area (Å²) in [5, 5.41) is 4.42. The van der Waals surface area contributed by atoms with Gasteiger partial charge in [0.25, 0.3) is 0 Å². The Labute approximate surface area is 156 Å². The lowest BCUT2D eigenvalue weighted by Crippen LogP contribution is -2.41. The Hall–Kier alpha value is -1.50. The van der Waals surface area contributed by atoms with Crippen LogP contribution in [0.4, 0.5) is 0 Å². The molecule has 1 aliphatic rings. The summed E-state index contributed by atoms with van der Waals surface area (Å²) in [7, 11) is -3.16. The molecule has 6 heteroatoms. The quantitative estimate of drug-likeness (QED) is 0.779. The number of aromatic nitrogens is 1. The summed E-state index contributed by atoms with van der Waals surface area (Å²) in [6, 6.07) is 10.4. The van der Waals surface area contributed by atoms with Crippen molar-refractivity contribution < 1.29 is 8.42 Å². The largest absolute Gasteiger partial charge is 0.312 e. The van der Waals surface area contributed by atoms with Crippen LogP contribution in [0.15, 0.2) is 36.5 Å². The molecule has 0 atom stereocenters. The minimum atomic E-state index is -3.16. The first-order chi connectivity index (χ1) is 12.5. The lowest BCUT2D eigenvalue weighted by molar-refractivity contribution is 0.302. The van der Waals surface area contributed by atoms with Crippen LogP contribution in [-0.4, -0.2) is 31.2 Å². The minimum absolute atomic E-state index is 0.0998. The number of nitrogens with one attached hydrogen (secondary N) is 2. The lowest BCUT2D eigenvalue weighted by atomic mass is 9.86. The van der Waals surface area contributed by atoms with E-state index in [4.69, 9.17) is 0 Å². The highest BCUT2D eigenvalue weighted by Crippen LogP contribution is 2.25. The third-order valence-corrected chi connectivity index (χ3v) is 7.19. The molecule has 0 saturated heterocycles. The van der Waals surface area contributed by atoms with Crippen LogP contribution >= 0.6 is 0 Å². The van der Waals surface area contributed by atoms with Crippen molar-refractivity contribution in [3.05, 3.63) is 42.1 Å². The molecular weight excluding hydrogens is 346 g/mol. The van der Waals surface area contributed by atoms with E-state index in [-0.39, 0.29) is 11.3 Å². The molecule has 1 saturated carbocycles. The third kappa shape index (κ3) is 4.81. The number of para-hydroxylation sites is 1. The third-order valence-electron chi connectivity index (χ3n) is 5.29. The summed E-state index contributed by atoms with van der Waals surface area (Å²) >= 11 is 0. The van der Waals surface area contributed by atoms with Crippen LogP contribution in [0.25, 0.3) is 10.9 Å². The smallest absolute Gasteiger partial charge is 0.214 e. The van der Waals surface area contributed by atoms with Crippen molar-refractivity contribution in [2.24, 2.45) is 5.92 Å². The van der Waals surface area contributed by atoms with Gasteiger partial charge in [0.2, 0.25) is 10.0 Å². The van der Waals surface area contributed by atoms with Crippen LogP contribution in [0.5, 0.6) is 0 Å². The van der Waals surface area contributed by atoms with Crippen LogP contribution in [0.2, 0.25) is 0 Å². The second-order valence-corrected chi connectivity index (χ2v) is 9.82. The van der Waals surface area contributed by atoms with Gasteiger partial charge >= 0.3 is 0 Å². The minimum Gasteiger partial charge on any atom is -0.312 e. The standard InChI is InChI=1S/C20H29N3O2S/c1-15(2)26(24,25)23-18-9-7-16(8-10-18)13-21-14-17-11-12-22-20-6-4-3-5-19(17)20/h3-6,11-12,15-16,18,21,23H,7-10,13-14H2,1-2H3. The van der Waals surface area contributed by atoms with Gasteiger partial charge in [-0.1, -0.05) is 18.2 Å². The molecule has 1 aromatic carbocycles. The number of rotatable bonds is 7. The highest BCUT2D eigenvalue weighted by molar-refractivity contribution is 7.90. The van der Waals surface area contributed by atoms with Crippen molar-refractivity contribution >= 4 is 20.9 Å². The molecule has 1 fully saturated rings. The molecule has 1 heterocycles. The fourth-order valence-electron chi connectivity index (χ4n) is 3.57. The van der Waals surface area contributed by atoms with Crippen molar-refractivity contribution in [1.82, 2.24) is 15.0 Å². The molecule has 26 heavy (non-hydrogen) atoms. The molecule has 142 valence electrons. The number of hydrogen-bond donors (Lipinski definition) is 2. The first kappa shape index (κ1) is 19.3. The van der Waals surface area contributed by atoms with E-state index in [2.05, 4.69) is 27.2 Å². The van der Waals surface area contributed by atoms with Gasteiger partial charge in [0.05, 0.1) is 10.8 Å². The van der Waals surface area contributed by atoms with E-state index in [1.807, 2.05) is 24.4 Å². The van der Waals surface area contributed by atoms with Gasteiger partial charge in [0, 0.05) is 24.2 Å². The fourth-order valence-corrected chi connectivity index (χ4v) is 4.55. The van der Waals surface area contributed by atoms with E-state index in [1.54, 1.807) is 13.8 Å². The first-order valence-electron chi connectivity index (χ1n) is 9.50. The lowest BCUT2D eigenvalue weighted by Gasteiger charge is -2.29. The summed E-state index contributed by atoms with van der Waals surface area (Å²) < 4.78 is 26.8. The molecule has 0 amide bonds. The number of fused-ring (bicyclic) bond motifs is 1. The number of nitrogens with zero attached hydrogens (tertiary/aromatic N) is 1. The van der Waals surface area contributed by atoms with E-state index >= 15 is 0 Å². The molecular formula is C20H29N3O2S. The molecule has 0 unspecified atom stereocenters. The molecule has 1 aromatic heterocycles. The first-order valence-corrected chi connectivity index (χ1v) is 11.0. The van der Waals surface area contributed by atoms with Crippen LogP contribution < -0.4 is 10.0 Å². The number of hydrogen-bond acceptors (Lipinski definition) is 4. The Bertz CT molecular complexity index is 823. The summed E-state index contributed by atoms with van der Waals surface area (Å²) in [5.74, 6) is 0.614. The van der Waals surface area contributed by atoms with E-state index in [0.717, 1.165) is 44.3 Å². The Morgan fingerprint density at radius 3 is 2.58 bits per heavy atom. The Morgan fingerprint density at radius 2 is 1.85 bits per heavy atom. The topological polar surface area (TPSA) is 71.1 Å². The molecule has 0 radical (unpaired) electrons. The Kier molecular flexibility index (Phi) is 6.27. The van der Waals surface area contributed by atoms with Gasteiger partial charge in [0.1, 0.15) is 0 Å². The van der Waals surface area contributed by atoms with Crippen LogP contribution in [0.3, 0.4) is 0 Å². The van der Waals surface area contributed by atoms with Crippen molar-refractivity contribution in [2.45, 2.75) is 57.4 Å². The molecule has 1 aliphatic carbocycles. The average Bonchev–Trinajstić information content (AvgIpc) is 2.63. The van der Waals surface area contributed by atoms with E-state index < -0.39 is 10.0 Å². The van der Waals surface area contributed by atoms with Crippen molar-refractivity contribution in [1.29, 1.82) is 0 Å². The second-order valence-electron chi connectivity index (χ2n) is 7.55. The normalized spacial score (nSPS) is 21.3. The summed E-state index contributed by atoms with van der Waals surface area (Å²) in [5.41, 5.74) is 2.30. The number of sulfonamides is 1. The van der Waals surface area contributed by atoms with Gasteiger partial charge in [0.15, 0.2) is 0 Å². The van der Waals surface area contributed by atoms with Crippen molar-refractivity contribution in [3.8, 4) is 0 Å². The monoisotopic (exact) mass is 375 g/mol. The second kappa shape index (κ2) is 8.46. The summed E-state index contributed by atoms with van der Waals surface area (Å²) in [4.78, 5) is 4.41. The Morgan fingerprint density at radius 1 is 1.12 bits per heavy atom.